The van der Waals surface area contributed by atoms with Crippen molar-refractivity contribution >= 4 is 22.8 Å². The van der Waals surface area contributed by atoms with Crippen molar-refractivity contribution in [3.8, 4) is 5.88 Å². The molecular weight excluding hydrogens is 274 g/mol. The predicted molar refractivity (Wildman–Crippen MR) is 80.2 cm³/mol. The van der Waals surface area contributed by atoms with Crippen molar-refractivity contribution in [2.24, 2.45) is 10.8 Å². The highest BCUT2D eigenvalue weighted by Crippen LogP contribution is 2.72. The van der Waals surface area contributed by atoms with Gasteiger partial charge in [-0.3, -0.25) is 0 Å². The molecule has 2 heterocycles. The van der Waals surface area contributed by atoms with E-state index in [4.69, 9.17) is 16.3 Å². The maximum atomic E-state index is 6.09. The Morgan fingerprint density at radius 1 is 1.20 bits per heavy atom. The lowest BCUT2D eigenvalue weighted by Crippen LogP contribution is -2.06. The second-order valence-corrected chi connectivity index (χ2v) is 6.84. The molecule has 0 aromatic carbocycles. The van der Waals surface area contributed by atoms with Gasteiger partial charge in [0.05, 0.1) is 13.0 Å². The standard InChI is InChI=1S/C15H20ClN3O/c1-14(2)13(15(14,3)4)19-10(8-16)17-9-6-7-11(20-5)18-12(9)19/h6-7,13H,8H2,1-5H3. The highest BCUT2D eigenvalue weighted by Gasteiger charge is 2.66. The molecule has 1 aliphatic rings. The van der Waals surface area contributed by atoms with Gasteiger partial charge in [0, 0.05) is 12.1 Å². The van der Waals surface area contributed by atoms with E-state index in [0.717, 1.165) is 17.0 Å². The number of alkyl halides is 1. The summed E-state index contributed by atoms with van der Waals surface area (Å²) in [5.74, 6) is 1.88. The molecule has 2 aromatic heterocycles. The molecule has 1 fully saturated rings. The minimum atomic E-state index is 0.201. The number of hydrogen-bond acceptors (Lipinski definition) is 3. The van der Waals surface area contributed by atoms with E-state index in [9.17, 15) is 0 Å². The molecule has 20 heavy (non-hydrogen) atoms. The van der Waals surface area contributed by atoms with Crippen LogP contribution in [0.15, 0.2) is 12.1 Å². The molecule has 0 atom stereocenters. The average Bonchev–Trinajstić information content (AvgIpc) is 2.72. The molecule has 0 N–H and O–H groups in total. The molecule has 3 rings (SSSR count). The van der Waals surface area contributed by atoms with Gasteiger partial charge < -0.3 is 9.30 Å². The summed E-state index contributed by atoms with van der Waals surface area (Å²) >= 11 is 6.09. The maximum absolute atomic E-state index is 6.09. The van der Waals surface area contributed by atoms with E-state index in [-0.39, 0.29) is 10.8 Å². The lowest BCUT2D eigenvalue weighted by atomic mass is 10.0. The van der Waals surface area contributed by atoms with Crippen LogP contribution in [0, 0.1) is 10.8 Å². The summed E-state index contributed by atoms with van der Waals surface area (Å²) < 4.78 is 7.44. The van der Waals surface area contributed by atoms with E-state index < -0.39 is 0 Å². The predicted octanol–water partition coefficient (Wildman–Crippen LogP) is 3.79. The van der Waals surface area contributed by atoms with E-state index in [1.165, 1.54) is 0 Å². The Labute approximate surface area is 124 Å². The van der Waals surface area contributed by atoms with Crippen LogP contribution >= 0.6 is 11.6 Å². The topological polar surface area (TPSA) is 39.9 Å². The Morgan fingerprint density at radius 2 is 1.85 bits per heavy atom. The minimum Gasteiger partial charge on any atom is -0.481 e. The van der Waals surface area contributed by atoms with Crippen molar-refractivity contribution in [2.45, 2.75) is 39.6 Å². The van der Waals surface area contributed by atoms with Crippen LogP contribution in [0.1, 0.15) is 39.6 Å². The summed E-state index contributed by atoms with van der Waals surface area (Å²) in [6.07, 6.45) is 0. The van der Waals surface area contributed by atoms with E-state index in [1.54, 1.807) is 7.11 Å². The number of imidazole rings is 1. The third-order valence-electron chi connectivity index (χ3n) is 5.12. The first-order valence-corrected chi connectivity index (χ1v) is 7.36. The van der Waals surface area contributed by atoms with Gasteiger partial charge in [-0.1, -0.05) is 27.7 Å². The highest BCUT2D eigenvalue weighted by atomic mass is 35.5. The molecule has 2 aromatic rings. The highest BCUT2D eigenvalue weighted by molar-refractivity contribution is 6.16. The molecule has 4 nitrogen and oxygen atoms in total. The zero-order valence-corrected chi connectivity index (χ0v) is 13.3. The second-order valence-electron chi connectivity index (χ2n) is 6.57. The van der Waals surface area contributed by atoms with Crippen LogP contribution in [-0.4, -0.2) is 21.6 Å². The number of methoxy groups -OCH3 is 1. The molecule has 0 spiro atoms. The van der Waals surface area contributed by atoms with E-state index >= 15 is 0 Å². The van der Waals surface area contributed by atoms with Crippen molar-refractivity contribution in [3.63, 3.8) is 0 Å². The van der Waals surface area contributed by atoms with Crippen LogP contribution < -0.4 is 4.74 Å². The second kappa shape index (κ2) is 4.10. The molecule has 1 saturated carbocycles. The average molecular weight is 294 g/mol. The third kappa shape index (κ3) is 1.60. The third-order valence-corrected chi connectivity index (χ3v) is 5.36. The Morgan fingerprint density at radius 3 is 2.35 bits per heavy atom. The van der Waals surface area contributed by atoms with Gasteiger partial charge in [0.2, 0.25) is 5.88 Å². The monoisotopic (exact) mass is 293 g/mol. The van der Waals surface area contributed by atoms with Gasteiger partial charge in [-0.25, -0.2) is 4.98 Å². The maximum Gasteiger partial charge on any atom is 0.215 e. The molecule has 0 radical (unpaired) electrons. The van der Waals surface area contributed by atoms with Crippen LogP contribution in [0.2, 0.25) is 0 Å². The van der Waals surface area contributed by atoms with Crippen LogP contribution in [-0.2, 0) is 5.88 Å². The lowest BCUT2D eigenvalue weighted by Gasteiger charge is -2.09. The molecule has 108 valence electrons. The largest absolute Gasteiger partial charge is 0.481 e. The minimum absolute atomic E-state index is 0.201. The summed E-state index contributed by atoms with van der Waals surface area (Å²) in [6, 6.07) is 4.13. The van der Waals surface area contributed by atoms with Gasteiger partial charge in [-0.05, 0) is 16.9 Å². The van der Waals surface area contributed by atoms with Crippen molar-refractivity contribution in [3.05, 3.63) is 18.0 Å². The first kappa shape index (κ1) is 13.7. The summed E-state index contributed by atoms with van der Waals surface area (Å²) in [7, 11) is 1.63. The van der Waals surface area contributed by atoms with Gasteiger partial charge in [0.25, 0.3) is 0 Å². The fourth-order valence-corrected chi connectivity index (χ4v) is 3.48. The zero-order valence-electron chi connectivity index (χ0n) is 12.6. The lowest BCUT2D eigenvalue weighted by molar-refractivity contribution is 0.398. The Bertz CT molecular complexity index is 661. The molecule has 0 aliphatic heterocycles. The number of ether oxygens (including phenoxy) is 1. The van der Waals surface area contributed by atoms with Crippen LogP contribution in [0.5, 0.6) is 5.88 Å². The number of pyridine rings is 1. The zero-order chi connectivity index (χ0) is 14.7. The van der Waals surface area contributed by atoms with Gasteiger partial charge in [0.1, 0.15) is 11.3 Å². The summed E-state index contributed by atoms with van der Waals surface area (Å²) in [6.45, 7) is 9.12. The first-order valence-electron chi connectivity index (χ1n) is 6.82. The van der Waals surface area contributed by atoms with Crippen LogP contribution in [0.3, 0.4) is 0 Å². The van der Waals surface area contributed by atoms with Crippen molar-refractivity contribution in [1.29, 1.82) is 0 Å². The molecular formula is C15H20ClN3O. The fraction of sp³-hybridized carbons (Fsp3) is 0.600. The Kier molecular flexibility index (Phi) is 2.81. The number of nitrogens with zero attached hydrogens (tertiary/aromatic N) is 3. The van der Waals surface area contributed by atoms with Crippen molar-refractivity contribution in [2.75, 3.05) is 7.11 Å². The van der Waals surface area contributed by atoms with Crippen LogP contribution in [0.4, 0.5) is 0 Å². The quantitative estimate of drug-likeness (QED) is 0.809. The van der Waals surface area contributed by atoms with Gasteiger partial charge in [0.15, 0.2) is 5.65 Å². The summed E-state index contributed by atoms with van der Waals surface area (Å²) in [4.78, 5) is 9.19. The number of aromatic nitrogens is 3. The molecule has 5 heteroatoms. The van der Waals surface area contributed by atoms with Gasteiger partial charge in [-0.15, -0.1) is 11.6 Å². The van der Waals surface area contributed by atoms with Gasteiger partial charge in [-0.2, -0.15) is 4.98 Å². The van der Waals surface area contributed by atoms with E-state index in [0.29, 0.717) is 17.8 Å². The molecule has 0 bridgehead atoms. The number of rotatable bonds is 3. The number of hydrogen-bond donors (Lipinski definition) is 0. The number of halogens is 1. The Balaban J connectivity index is 2.23. The van der Waals surface area contributed by atoms with Crippen LogP contribution in [0.25, 0.3) is 11.2 Å². The van der Waals surface area contributed by atoms with Gasteiger partial charge >= 0.3 is 0 Å². The van der Waals surface area contributed by atoms with Crippen molar-refractivity contribution in [1.82, 2.24) is 14.5 Å². The molecule has 1 aliphatic carbocycles. The number of fused-ring (bicyclic) bond motifs is 1. The first-order chi connectivity index (χ1) is 9.34. The summed E-state index contributed by atoms with van der Waals surface area (Å²) in [5, 5.41) is 0. The van der Waals surface area contributed by atoms with Crippen molar-refractivity contribution < 1.29 is 4.74 Å². The normalized spacial score (nSPS) is 20.3. The molecule has 0 saturated heterocycles. The molecule has 0 amide bonds. The fourth-order valence-electron chi connectivity index (χ4n) is 3.29. The molecule has 0 unspecified atom stereocenters. The van der Waals surface area contributed by atoms with E-state index in [1.807, 2.05) is 12.1 Å². The Hall–Kier alpha value is -1.29. The SMILES string of the molecule is COc1ccc2nc(CCl)n(C3C(C)(C)C3(C)C)c2n1. The van der Waals surface area contributed by atoms with E-state index in [2.05, 4.69) is 42.2 Å². The summed E-state index contributed by atoms with van der Waals surface area (Å²) in [5.41, 5.74) is 2.14. The smallest absolute Gasteiger partial charge is 0.215 e.